The molecule has 0 aliphatic rings. The quantitative estimate of drug-likeness (QED) is 0.740. The van der Waals surface area contributed by atoms with Gasteiger partial charge in [-0.1, -0.05) is 0 Å². The molecule has 2 heterocycles. The molecule has 0 saturated carbocycles. The molecule has 0 aliphatic heterocycles. The Hall–Kier alpha value is -0.377. The van der Waals surface area contributed by atoms with Gasteiger partial charge in [-0.05, 0) is 0 Å². The van der Waals surface area contributed by atoms with Crippen LogP contribution in [0.1, 0.15) is 0 Å². The topological polar surface area (TPSA) is 25.8 Å². The Bertz CT molecular complexity index is 357. The molecule has 0 radical (unpaired) electrons. The summed E-state index contributed by atoms with van der Waals surface area (Å²) in [5, 5.41) is 2.28. The molecule has 5 heteroatoms. The Morgan fingerprint density at radius 2 is 1.33 bits per heavy atom. The van der Waals surface area contributed by atoms with Gasteiger partial charge in [0, 0.05) is 0 Å². The van der Waals surface area contributed by atoms with Crippen LogP contribution in [0.4, 0.5) is 0 Å². The molecule has 0 bridgehead atoms. The summed E-state index contributed by atoms with van der Waals surface area (Å²) in [6.07, 6.45) is 3.69. The zero-order valence-corrected chi connectivity index (χ0v) is 12.6. The average Bonchev–Trinajstić information content (AvgIpc) is 2.32. The van der Waals surface area contributed by atoms with Crippen LogP contribution in [0.2, 0.25) is 0 Å². The maximum atomic E-state index is 4.29. The van der Waals surface area contributed by atoms with Crippen molar-refractivity contribution in [3.8, 4) is 0 Å². The normalized spacial score (nSPS) is 9.60. The average molecular weight is 221 g/mol. The maximum absolute atomic E-state index is 4.29. The number of pyridine rings is 2. The summed E-state index contributed by atoms with van der Waals surface area (Å²) in [6, 6.07) is 12.1. The van der Waals surface area contributed by atoms with Crippen LogP contribution in [-0.2, 0) is 14.7 Å². The minimum absolute atomic E-state index is 0.702. The number of hydrogen-bond acceptors (Lipinski definition) is 4. The monoisotopic (exact) mass is 221 g/mol. The zero-order valence-electron chi connectivity index (χ0n) is 8.04. The first kappa shape index (κ1) is 11.1. The molecule has 0 amide bonds. The Labute approximate surface area is 103 Å². The van der Waals surface area contributed by atoms with Gasteiger partial charge in [-0.2, -0.15) is 0 Å². The number of rotatable bonds is 4. The van der Waals surface area contributed by atoms with Crippen LogP contribution in [0.25, 0.3) is 0 Å². The summed E-state index contributed by atoms with van der Waals surface area (Å²) in [5.41, 5.74) is 0. The molecule has 2 aromatic rings. The van der Waals surface area contributed by atoms with Crippen LogP contribution < -0.4 is 0 Å². The summed E-state index contributed by atoms with van der Waals surface area (Å²) in [7, 11) is 3.83. The first-order chi connectivity index (χ1) is 7.45. The van der Waals surface area contributed by atoms with Crippen molar-refractivity contribution in [2.24, 2.45) is 0 Å². The Kier molecular flexibility index (Phi) is 4.64. The first-order valence-electron chi connectivity index (χ1n) is 4.53. The molecule has 0 aliphatic carbocycles. The summed E-state index contributed by atoms with van der Waals surface area (Å²) < 4.78 is 0. The second kappa shape index (κ2) is 6.26. The Balaban J connectivity index is 1.81. The molecular weight excluding hydrogens is 213 g/mol. The van der Waals surface area contributed by atoms with Crippen LogP contribution in [0.5, 0.6) is 0 Å². The summed E-state index contributed by atoms with van der Waals surface area (Å²) in [4.78, 5) is 8.57. The van der Waals surface area contributed by atoms with Gasteiger partial charge in [-0.25, -0.2) is 0 Å². The standard InChI is InChI=1S/2C5H5NS.Zn/c2*7-5-3-1-2-4-6-5;/h2*1-4H,(H,6,7);/q;;+2/p-2/i;;1-64. The predicted octanol–water partition coefficient (Wildman–Crippen LogP) is 3.27. The molecule has 2 aromatic heterocycles. The van der Waals surface area contributed by atoms with E-state index in [0.29, 0.717) is 0 Å². The van der Waals surface area contributed by atoms with Gasteiger partial charge in [0.25, 0.3) is 0 Å². The van der Waals surface area contributed by atoms with E-state index in [0.717, 1.165) is 10.1 Å². The molecule has 0 saturated heterocycles. The fourth-order valence-electron chi connectivity index (χ4n) is 1.02. The van der Waals surface area contributed by atoms with Crippen molar-refractivity contribution in [2.75, 3.05) is 0 Å². The molecule has 72 valence electrons. The molecule has 0 atom stereocenters. The molecule has 0 fully saturated rings. The fraction of sp³-hybridized carbons (Fsp3) is 0. The van der Waals surface area contributed by atoms with Crippen molar-refractivity contribution < 1.29 is 14.7 Å². The van der Waals surface area contributed by atoms with Gasteiger partial charge in [0.15, 0.2) is 0 Å². The van der Waals surface area contributed by atoms with E-state index in [1.54, 1.807) is 0 Å². The van der Waals surface area contributed by atoms with E-state index >= 15 is 0 Å². The number of nitrogens with zero attached hydrogens (tertiary/aromatic N) is 2. The van der Waals surface area contributed by atoms with Gasteiger partial charge in [0.2, 0.25) is 0 Å². The molecule has 2 nitrogen and oxygen atoms in total. The Morgan fingerprint density at radius 3 is 1.73 bits per heavy atom. The summed E-state index contributed by atoms with van der Waals surface area (Å²) in [6.45, 7) is 0. The summed E-state index contributed by atoms with van der Waals surface area (Å²) in [5.74, 6) is 0. The van der Waals surface area contributed by atoms with Crippen molar-refractivity contribution in [2.45, 2.75) is 10.1 Å². The van der Waals surface area contributed by atoms with Crippen molar-refractivity contribution in [3.05, 3.63) is 48.8 Å². The Morgan fingerprint density at radius 1 is 0.800 bits per heavy atom. The molecular formula is C10H8N2S2Zn. The zero-order chi connectivity index (χ0) is 10.3. The SMILES string of the molecule is c1ccc([S][1Zn][S]c2ccccn2)nc1. The van der Waals surface area contributed by atoms with Gasteiger partial charge in [0.05, 0.1) is 0 Å². The van der Waals surface area contributed by atoms with Crippen LogP contribution in [0, 0.1) is 0 Å². The van der Waals surface area contributed by atoms with E-state index < -0.39 is 14.7 Å². The van der Waals surface area contributed by atoms with Gasteiger partial charge in [-0.3, -0.25) is 0 Å². The predicted molar refractivity (Wildman–Crippen MR) is 60.2 cm³/mol. The van der Waals surface area contributed by atoms with E-state index in [1.807, 2.05) is 56.2 Å². The van der Waals surface area contributed by atoms with E-state index in [2.05, 4.69) is 22.1 Å². The molecule has 2 rings (SSSR count). The van der Waals surface area contributed by atoms with E-state index in [9.17, 15) is 0 Å². The van der Waals surface area contributed by atoms with Crippen molar-refractivity contribution in [1.82, 2.24) is 9.97 Å². The molecule has 15 heavy (non-hydrogen) atoms. The third-order valence-electron chi connectivity index (χ3n) is 1.69. The van der Waals surface area contributed by atoms with Gasteiger partial charge < -0.3 is 0 Å². The molecule has 0 spiro atoms. The van der Waals surface area contributed by atoms with E-state index in [4.69, 9.17) is 0 Å². The van der Waals surface area contributed by atoms with Crippen molar-refractivity contribution >= 4 is 19.5 Å². The van der Waals surface area contributed by atoms with Gasteiger partial charge >= 0.3 is 103 Å². The molecule has 0 N–H and O–H groups in total. The van der Waals surface area contributed by atoms with Crippen LogP contribution >= 0.6 is 19.5 Å². The van der Waals surface area contributed by atoms with Crippen molar-refractivity contribution in [1.29, 1.82) is 0 Å². The van der Waals surface area contributed by atoms with E-state index in [1.165, 1.54) is 0 Å². The van der Waals surface area contributed by atoms with Gasteiger partial charge in [0.1, 0.15) is 0 Å². The number of aromatic nitrogens is 2. The van der Waals surface area contributed by atoms with Crippen LogP contribution in [0.15, 0.2) is 58.8 Å². The third-order valence-corrected chi connectivity index (χ3v) is 11.9. The van der Waals surface area contributed by atoms with Crippen molar-refractivity contribution in [3.63, 3.8) is 0 Å². The third kappa shape index (κ3) is 3.94. The molecule has 0 aromatic carbocycles. The second-order valence-electron chi connectivity index (χ2n) is 2.74. The summed E-state index contributed by atoms with van der Waals surface area (Å²) >= 11 is -0.702. The first-order valence-corrected chi connectivity index (χ1v) is 13.8. The second-order valence-corrected chi connectivity index (χ2v) is 13.2. The van der Waals surface area contributed by atoms with E-state index in [-0.39, 0.29) is 0 Å². The minimum atomic E-state index is -0.702. The fourth-order valence-corrected chi connectivity index (χ4v) is 10.7. The van der Waals surface area contributed by atoms with Gasteiger partial charge in [-0.15, -0.1) is 0 Å². The number of hydrogen-bond donors (Lipinski definition) is 0. The molecule has 0 unspecified atom stereocenters. The van der Waals surface area contributed by atoms with Crippen LogP contribution in [0.3, 0.4) is 0 Å². The van der Waals surface area contributed by atoms with Crippen LogP contribution in [-0.4, -0.2) is 9.97 Å².